The van der Waals surface area contributed by atoms with E-state index >= 15 is 0 Å². The van der Waals surface area contributed by atoms with Crippen molar-refractivity contribution >= 4 is 0 Å². The maximum Gasteiger partial charge on any atom is 0.0558 e. The standard InChI is InChI=1S/C46H91NO3/c1-3-5-7-9-11-13-15-17-19-21-23-25-27-29-31-35-43-49-45-37-33-39-47(41-42-48)40-34-38-46-50-44-36-32-30-28-26-24-22-20-18-16-14-12-10-8-6-4-2/h17-20,48H,3-16,21-46H2,1-2H3/b19-17-,20-18-. The molecule has 0 amide bonds. The van der Waals surface area contributed by atoms with Gasteiger partial charge in [-0.25, -0.2) is 0 Å². The molecule has 0 aliphatic carbocycles. The van der Waals surface area contributed by atoms with Crippen LogP contribution < -0.4 is 0 Å². The summed E-state index contributed by atoms with van der Waals surface area (Å²) in [4.78, 5) is 2.41. The molecule has 0 spiro atoms. The van der Waals surface area contributed by atoms with Gasteiger partial charge in [0, 0.05) is 33.0 Å². The minimum atomic E-state index is 0.249. The highest BCUT2D eigenvalue weighted by atomic mass is 16.5. The average molecular weight is 706 g/mol. The van der Waals surface area contributed by atoms with Gasteiger partial charge in [0.2, 0.25) is 0 Å². The van der Waals surface area contributed by atoms with E-state index in [0.29, 0.717) is 0 Å². The van der Waals surface area contributed by atoms with Gasteiger partial charge in [-0.3, -0.25) is 0 Å². The Kier molecular flexibility index (Phi) is 45.7. The van der Waals surface area contributed by atoms with Crippen molar-refractivity contribution in [3.8, 4) is 0 Å². The SMILES string of the molecule is CCCCCCCC/C=C\CCCCCCCCOCCCCN(CCO)CCCCOCCCCCCCC/C=C\CCCCCCCC. The van der Waals surface area contributed by atoms with Crippen molar-refractivity contribution in [2.75, 3.05) is 52.7 Å². The van der Waals surface area contributed by atoms with E-state index < -0.39 is 0 Å². The third kappa shape index (κ3) is 43.5. The van der Waals surface area contributed by atoms with Crippen LogP contribution in [0, 0.1) is 0 Å². The predicted molar refractivity (Wildman–Crippen MR) is 223 cm³/mol. The first-order valence-corrected chi connectivity index (χ1v) is 22.6. The lowest BCUT2D eigenvalue weighted by Gasteiger charge is -2.21. The third-order valence-corrected chi connectivity index (χ3v) is 10.0. The van der Waals surface area contributed by atoms with Gasteiger partial charge in [0.25, 0.3) is 0 Å². The molecule has 0 aromatic heterocycles. The molecule has 0 saturated heterocycles. The van der Waals surface area contributed by atoms with Gasteiger partial charge >= 0.3 is 0 Å². The summed E-state index contributed by atoms with van der Waals surface area (Å²) in [5.74, 6) is 0. The van der Waals surface area contributed by atoms with E-state index in [2.05, 4.69) is 43.1 Å². The Balaban J connectivity index is 3.37. The zero-order valence-electron chi connectivity index (χ0n) is 34.3. The van der Waals surface area contributed by atoms with Crippen LogP contribution >= 0.6 is 0 Å². The first-order chi connectivity index (χ1) is 24.8. The Morgan fingerprint density at radius 2 is 0.620 bits per heavy atom. The lowest BCUT2D eigenvalue weighted by molar-refractivity contribution is 0.115. The topological polar surface area (TPSA) is 41.9 Å². The van der Waals surface area contributed by atoms with Crippen LogP contribution in [0.3, 0.4) is 0 Å². The number of nitrogens with zero attached hydrogens (tertiary/aromatic N) is 1. The highest BCUT2D eigenvalue weighted by Crippen LogP contribution is 2.12. The lowest BCUT2D eigenvalue weighted by atomic mass is 10.1. The van der Waals surface area contributed by atoms with Crippen molar-refractivity contribution in [3.63, 3.8) is 0 Å². The fourth-order valence-corrected chi connectivity index (χ4v) is 6.66. The number of aliphatic hydroxyl groups is 1. The van der Waals surface area contributed by atoms with Crippen molar-refractivity contribution in [1.82, 2.24) is 4.90 Å². The molecule has 298 valence electrons. The van der Waals surface area contributed by atoms with Crippen LogP contribution in [-0.2, 0) is 9.47 Å². The van der Waals surface area contributed by atoms with Gasteiger partial charge in [0.1, 0.15) is 0 Å². The van der Waals surface area contributed by atoms with Crippen molar-refractivity contribution in [3.05, 3.63) is 24.3 Å². The van der Waals surface area contributed by atoms with Crippen molar-refractivity contribution in [2.45, 2.75) is 219 Å². The minimum Gasteiger partial charge on any atom is -0.395 e. The zero-order valence-corrected chi connectivity index (χ0v) is 34.3. The van der Waals surface area contributed by atoms with Crippen molar-refractivity contribution < 1.29 is 14.6 Å². The van der Waals surface area contributed by atoms with Gasteiger partial charge in [-0.1, -0.05) is 154 Å². The van der Waals surface area contributed by atoms with Crippen LogP contribution in [0.4, 0.5) is 0 Å². The third-order valence-electron chi connectivity index (χ3n) is 10.0. The molecule has 0 heterocycles. The molecule has 0 aromatic carbocycles. The first-order valence-electron chi connectivity index (χ1n) is 22.6. The fraction of sp³-hybridized carbons (Fsp3) is 0.913. The number of ether oxygens (including phenoxy) is 2. The number of unbranched alkanes of at least 4 members (excludes halogenated alkanes) is 26. The quantitative estimate of drug-likeness (QED) is 0.0506. The van der Waals surface area contributed by atoms with Crippen LogP contribution in [0.2, 0.25) is 0 Å². The van der Waals surface area contributed by atoms with E-state index in [0.717, 1.165) is 71.7 Å². The van der Waals surface area contributed by atoms with E-state index in [4.69, 9.17) is 9.47 Å². The van der Waals surface area contributed by atoms with Gasteiger partial charge in [-0.2, -0.15) is 0 Å². The van der Waals surface area contributed by atoms with Crippen molar-refractivity contribution in [1.29, 1.82) is 0 Å². The lowest BCUT2D eigenvalue weighted by Crippen LogP contribution is -2.29. The molecule has 0 aliphatic heterocycles. The minimum absolute atomic E-state index is 0.249. The Morgan fingerprint density at radius 3 is 0.940 bits per heavy atom. The molecule has 4 nitrogen and oxygen atoms in total. The van der Waals surface area contributed by atoms with Crippen LogP contribution in [0.15, 0.2) is 24.3 Å². The Bertz CT molecular complexity index is 599. The Hall–Kier alpha value is -0.680. The highest BCUT2D eigenvalue weighted by Gasteiger charge is 2.04. The molecular weight excluding hydrogens is 615 g/mol. The van der Waals surface area contributed by atoms with Crippen LogP contribution in [0.1, 0.15) is 219 Å². The fourth-order valence-electron chi connectivity index (χ4n) is 6.66. The number of rotatable bonds is 44. The maximum absolute atomic E-state index is 9.48. The van der Waals surface area contributed by atoms with Gasteiger partial charge in [0.15, 0.2) is 0 Å². The molecule has 0 unspecified atom stereocenters. The molecule has 50 heavy (non-hydrogen) atoms. The predicted octanol–water partition coefficient (Wildman–Crippen LogP) is 13.9. The number of aliphatic hydroxyl groups excluding tert-OH is 1. The zero-order chi connectivity index (χ0) is 36.1. The smallest absolute Gasteiger partial charge is 0.0558 e. The summed E-state index contributed by atoms with van der Waals surface area (Å²) in [5, 5.41) is 9.48. The number of hydrogen-bond donors (Lipinski definition) is 1. The molecule has 0 radical (unpaired) electrons. The van der Waals surface area contributed by atoms with E-state index in [1.54, 1.807) is 0 Å². The molecule has 0 aromatic rings. The number of hydrogen-bond acceptors (Lipinski definition) is 4. The largest absolute Gasteiger partial charge is 0.395 e. The summed E-state index contributed by atoms with van der Waals surface area (Å²) in [5.41, 5.74) is 0. The molecule has 0 aliphatic rings. The summed E-state index contributed by atoms with van der Waals surface area (Å²) >= 11 is 0. The summed E-state index contributed by atoms with van der Waals surface area (Å²) in [6.45, 7) is 11.3. The maximum atomic E-state index is 9.48. The summed E-state index contributed by atoms with van der Waals surface area (Å²) < 4.78 is 11.8. The van der Waals surface area contributed by atoms with Crippen LogP contribution in [-0.4, -0.2) is 62.7 Å². The highest BCUT2D eigenvalue weighted by molar-refractivity contribution is 4.82. The summed E-state index contributed by atoms with van der Waals surface area (Å²) in [6, 6.07) is 0. The second kappa shape index (κ2) is 46.3. The molecular formula is C46H91NO3. The molecule has 0 rings (SSSR count). The van der Waals surface area contributed by atoms with Gasteiger partial charge < -0.3 is 19.5 Å². The molecule has 0 fully saturated rings. The molecule has 0 atom stereocenters. The second-order valence-corrected chi connectivity index (χ2v) is 15.1. The van der Waals surface area contributed by atoms with Gasteiger partial charge in [-0.05, 0) is 103 Å². The second-order valence-electron chi connectivity index (χ2n) is 15.1. The van der Waals surface area contributed by atoms with Gasteiger partial charge in [-0.15, -0.1) is 0 Å². The molecule has 0 bridgehead atoms. The molecule has 1 N–H and O–H groups in total. The molecule has 4 heteroatoms. The number of allylic oxidation sites excluding steroid dienone is 4. The van der Waals surface area contributed by atoms with Crippen LogP contribution in [0.25, 0.3) is 0 Å². The van der Waals surface area contributed by atoms with Gasteiger partial charge in [0.05, 0.1) is 6.61 Å². The summed E-state index contributed by atoms with van der Waals surface area (Å²) in [6.07, 6.45) is 52.0. The monoisotopic (exact) mass is 706 g/mol. The van der Waals surface area contributed by atoms with E-state index in [9.17, 15) is 5.11 Å². The Morgan fingerprint density at radius 1 is 0.340 bits per heavy atom. The average Bonchev–Trinajstić information content (AvgIpc) is 3.12. The normalized spacial score (nSPS) is 12.1. The summed E-state index contributed by atoms with van der Waals surface area (Å²) in [7, 11) is 0. The Labute approximate surface area is 315 Å². The van der Waals surface area contributed by atoms with E-state index in [1.807, 2.05) is 0 Å². The molecule has 0 saturated carbocycles. The van der Waals surface area contributed by atoms with E-state index in [1.165, 1.54) is 180 Å². The van der Waals surface area contributed by atoms with Crippen LogP contribution in [0.5, 0.6) is 0 Å². The van der Waals surface area contributed by atoms with E-state index in [-0.39, 0.29) is 6.61 Å². The van der Waals surface area contributed by atoms with Crippen molar-refractivity contribution in [2.24, 2.45) is 0 Å². The first kappa shape index (κ1) is 49.3.